The van der Waals surface area contributed by atoms with Gasteiger partial charge in [0.15, 0.2) is 0 Å². The van der Waals surface area contributed by atoms with Crippen LogP contribution in [-0.2, 0) is 20.9 Å². The summed E-state index contributed by atoms with van der Waals surface area (Å²) < 4.78 is 7.47. The molecule has 1 aromatic carbocycles. The van der Waals surface area contributed by atoms with Gasteiger partial charge in [-0.3, -0.25) is 14.3 Å². The smallest absolute Gasteiger partial charge is 0.230 e. The minimum absolute atomic E-state index is 0.00398. The van der Waals surface area contributed by atoms with Crippen molar-refractivity contribution in [3.8, 4) is 11.1 Å². The summed E-state index contributed by atoms with van der Waals surface area (Å²) in [7, 11) is 0. The Balaban J connectivity index is 1.45. The monoisotopic (exact) mass is 422 g/mol. The Labute approximate surface area is 183 Å². The second-order valence-electron chi connectivity index (χ2n) is 9.17. The fraction of sp³-hybridized carbons (Fsp3) is 0.542. The molecule has 0 spiro atoms. The van der Waals surface area contributed by atoms with Gasteiger partial charge in [-0.1, -0.05) is 6.07 Å². The fourth-order valence-corrected chi connectivity index (χ4v) is 4.85. The van der Waals surface area contributed by atoms with E-state index in [2.05, 4.69) is 11.3 Å². The van der Waals surface area contributed by atoms with E-state index >= 15 is 0 Å². The maximum absolute atomic E-state index is 13.0. The van der Waals surface area contributed by atoms with Gasteiger partial charge in [-0.2, -0.15) is 5.10 Å². The largest absolute Gasteiger partial charge is 0.381 e. The van der Waals surface area contributed by atoms with Gasteiger partial charge in [0.25, 0.3) is 0 Å². The number of nitrogens with zero attached hydrogens (tertiary/aromatic N) is 4. The van der Waals surface area contributed by atoms with E-state index < -0.39 is 0 Å². The Hall–Kier alpha value is -2.67. The first-order valence-corrected chi connectivity index (χ1v) is 11.4. The summed E-state index contributed by atoms with van der Waals surface area (Å²) in [5.74, 6) is 0.921. The number of anilines is 2. The highest BCUT2D eigenvalue weighted by molar-refractivity contribution is 6.06. The quantitative estimate of drug-likeness (QED) is 0.757. The maximum Gasteiger partial charge on any atom is 0.230 e. The van der Waals surface area contributed by atoms with Crippen LogP contribution in [0.5, 0.6) is 0 Å². The number of ether oxygens (including phenoxy) is 1. The summed E-state index contributed by atoms with van der Waals surface area (Å²) in [6.07, 6.45) is 8.06. The molecule has 5 rings (SSSR count). The molecule has 0 radical (unpaired) electrons. The molecule has 2 aromatic rings. The zero-order chi connectivity index (χ0) is 21.5. The molecule has 2 amide bonds. The normalized spacial score (nSPS) is 21.8. The molecule has 1 saturated carbocycles. The summed E-state index contributed by atoms with van der Waals surface area (Å²) in [5.41, 5.74) is 3.70. The van der Waals surface area contributed by atoms with Crippen LogP contribution >= 0.6 is 0 Å². The Morgan fingerprint density at radius 1 is 1.10 bits per heavy atom. The predicted molar refractivity (Wildman–Crippen MR) is 119 cm³/mol. The fourth-order valence-electron chi connectivity index (χ4n) is 4.85. The van der Waals surface area contributed by atoms with E-state index in [0.29, 0.717) is 12.5 Å². The molecular weight excluding hydrogens is 392 g/mol. The van der Waals surface area contributed by atoms with E-state index in [-0.39, 0.29) is 23.8 Å². The lowest BCUT2D eigenvalue weighted by atomic mass is 10.0. The zero-order valence-corrected chi connectivity index (χ0v) is 18.3. The van der Waals surface area contributed by atoms with Gasteiger partial charge in [-0.15, -0.1) is 0 Å². The van der Waals surface area contributed by atoms with Gasteiger partial charge in [0.2, 0.25) is 11.8 Å². The van der Waals surface area contributed by atoms with Gasteiger partial charge in [-0.05, 0) is 56.2 Å². The Bertz CT molecular complexity index is 990. The highest BCUT2D eigenvalue weighted by Crippen LogP contribution is 2.42. The summed E-state index contributed by atoms with van der Waals surface area (Å²) in [6, 6.07) is 6.01. The molecule has 7 nitrogen and oxygen atoms in total. The van der Waals surface area contributed by atoms with E-state index in [0.717, 1.165) is 67.9 Å². The van der Waals surface area contributed by atoms with Crippen LogP contribution in [0, 0.1) is 11.8 Å². The Morgan fingerprint density at radius 2 is 1.87 bits per heavy atom. The van der Waals surface area contributed by atoms with E-state index in [9.17, 15) is 9.59 Å². The third-order valence-corrected chi connectivity index (χ3v) is 6.70. The number of hydrogen-bond acceptors (Lipinski definition) is 4. The molecule has 2 aliphatic heterocycles. The van der Waals surface area contributed by atoms with Crippen molar-refractivity contribution >= 4 is 23.2 Å². The van der Waals surface area contributed by atoms with Crippen molar-refractivity contribution in [2.45, 2.75) is 52.1 Å². The molecular formula is C24H30N4O3. The topological polar surface area (TPSA) is 67.7 Å². The lowest BCUT2D eigenvalue weighted by Gasteiger charge is -2.41. The number of rotatable bonds is 4. The third kappa shape index (κ3) is 3.99. The van der Waals surface area contributed by atoms with Crippen LogP contribution < -0.4 is 9.80 Å². The van der Waals surface area contributed by atoms with E-state index in [1.807, 2.05) is 45.8 Å². The number of fused-ring (bicyclic) bond motifs is 1. The minimum Gasteiger partial charge on any atom is -0.381 e. The van der Waals surface area contributed by atoms with Crippen LogP contribution in [0.3, 0.4) is 0 Å². The molecule has 1 saturated heterocycles. The highest BCUT2D eigenvalue weighted by Gasteiger charge is 2.39. The highest BCUT2D eigenvalue weighted by atomic mass is 16.5. The van der Waals surface area contributed by atoms with Crippen LogP contribution in [0.15, 0.2) is 30.6 Å². The Morgan fingerprint density at radius 3 is 2.58 bits per heavy atom. The molecule has 164 valence electrons. The van der Waals surface area contributed by atoms with E-state index in [1.165, 1.54) is 0 Å². The average Bonchev–Trinajstić information content (AvgIpc) is 3.52. The number of benzene rings is 1. The van der Waals surface area contributed by atoms with E-state index in [4.69, 9.17) is 4.74 Å². The van der Waals surface area contributed by atoms with E-state index in [1.54, 1.807) is 6.92 Å². The molecule has 31 heavy (non-hydrogen) atoms. The molecule has 2 fully saturated rings. The van der Waals surface area contributed by atoms with Crippen molar-refractivity contribution in [1.29, 1.82) is 0 Å². The molecule has 0 bridgehead atoms. The van der Waals surface area contributed by atoms with Crippen molar-refractivity contribution in [3.05, 3.63) is 30.6 Å². The number of hydrogen-bond donors (Lipinski definition) is 0. The first kappa shape index (κ1) is 20.2. The van der Waals surface area contributed by atoms with Gasteiger partial charge in [0.1, 0.15) is 0 Å². The van der Waals surface area contributed by atoms with Crippen LogP contribution in [0.4, 0.5) is 11.4 Å². The van der Waals surface area contributed by atoms with Crippen LogP contribution in [-0.4, -0.2) is 47.4 Å². The predicted octanol–water partition coefficient (Wildman–Crippen LogP) is 3.47. The maximum atomic E-state index is 13.0. The lowest BCUT2D eigenvalue weighted by Crippen LogP contribution is -2.51. The number of carbonyl (C=O) groups is 2. The number of carbonyl (C=O) groups excluding carboxylic acids is 2. The van der Waals surface area contributed by atoms with Gasteiger partial charge >= 0.3 is 0 Å². The van der Waals surface area contributed by atoms with Crippen molar-refractivity contribution in [1.82, 2.24) is 9.78 Å². The first-order valence-electron chi connectivity index (χ1n) is 11.4. The standard InChI is InChI=1S/C24H30N4O3/c1-16-13-27(24(30)19-3-4-19)23-11-20(5-6-22(23)28(16)17(2)29)21-12-25-26(15-21)14-18-7-9-31-10-8-18/h5-6,11-12,15-16,18-19H,3-4,7-10,13-14H2,1-2H3/t16-/m0/s1. The van der Waals surface area contributed by atoms with Crippen molar-refractivity contribution in [2.24, 2.45) is 11.8 Å². The van der Waals surface area contributed by atoms with Crippen molar-refractivity contribution < 1.29 is 14.3 Å². The Kier molecular flexibility index (Phi) is 5.30. The summed E-state index contributed by atoms with van der Waals surface area (Å²) >= 11 is 0. The molecule has 3 heterocycles. The van der Waals surface area contributed by atoms with Gasteiger partial charge in [0.05, 0.1) is 23.6 Å². The molecule has 1 aliphatic carbocycles. The lowest BCUT2D eigenvalue weighted by molar-refractivity contribution is -0.120. The average molecular weight is 423 g/mol. The van der Waals surface area contributed by atoms with Crippen LogP contribution in [0.1, 0.15) is 39.5 Å². The third-order valence-electron chi connectivity index (χ3n) is 6.70. The van der Waals surface area contributed by atoms with Gasteiger partial charge < -0.3 is 14.5 Å². The molecule has 1 aromatic heterocycles. The second-order valence-corrected chi connectivity index (χ2v) is 9.17. The SMILES string of the molecule is CC(=O)N1c2ccc(-c3cnn(CC4CCOCC4)c3)cc2N(C(=O)C2CC2)C[C@@H]1C. The van der Waals surface area contributed by atoms with Gasteiger partial charge in [-0.25, -0.2) is 0 Å². The molecule has 0 unspecified atom stereocenters. The summed E-state index contributed by atoms with van der Waals surface area (Å²) in [4.78, 5) is 29.1. The number of amides is 2. The molecule has 0 N–H and O–H groups in total. The van der Waals surface area contributed by atoms with Crippen molar-refractivity contribution in [2.75, 3.05) is 29.6 Å². The molecule has 3 aliphatic rings. The molecule has 1 atom stereocenters. The summed E-state index contributed by atoms with van der Waals surface area (Å²) in [5, 5.41) is 4.58. The van der Waals surface area contributed by atoms with Gasteiger partial charge in [0, 0.05) is 50.9 Å². The number of aromatic nitrogens is 2. The van der Waals surface area contributed by atoms with Crippen LogP contribution in [0.2, 0.25) is 0 Å². The summed E-state index contributed by atoms with van der Waals surface area (Å²) in [6.45, 7) is 6.70. The molecule has 7 heteroatoms. The van der Waals surface area contributed by atoms with Crippen molar-refractivity contribution in [3.63, 3.8) is 0 Å². The van der Waals surface area contributed by atoms with Crippen LogP contribution in [0.25, 0.3) is 11.1 Å². The minimum atomic E-state index is -0.0410. The zero-order valence-electron chi connectivity index (χ0n) is 18.3. The first-order chi connectivity index (χ1) is 15.0. The second kappa shape index (κ2) is 8.11.